The zero-order valence-electron chi connectivity index (χ0n) is 20.1. The first-order valence-corrected chi connectivity index (χ1v) is 12.6. The fraction of sp³-hybridized carbons (Fsp3) is 0.233. The molecule has 0 fully saturated rings. The molecule has 182 valence electrons. The monoisotopic (exact) mass is 487 g/mol. The number of rotatable bonds is 3. The highest BCUT2D eigenvalue weighted by Gasteiger charge is 2.51. The highest BCUT2D eigenvalue weighted by molar-refractivity contribution is 6.06. The first-order chi connectivity index (χ1) is 18.1. The molecule has 0 bridgehead atoms. The van der Waals surface area contributed by atoms with Crippen LogP contribution in [0.4, 0.5) is 5.82 Å². The van der Waals surface area contributed by atoms with E-state index in [0.29, 0.717) is 30.1 Å². The van der Waals surface area contributed by atoms with E-state index in [-0.39, 0.29) is 17.9 Å². The van der Waals surface area contributed by atoms with Gasteiger partial charge in [-0.2, -0.15) is 0 Å². The van der Waals surface area contributed by atoms with Crippen molar-refractivity contribution in [1.29, 1.82) is 0 Å². The van der Waals surface area contributed by atoms with Crippen molar-refractivity contribution < 1.29 is 9.59 Å². The number of anilines is 1. The predicted octanol–water partition coefficient (Wildman–Crippen LogP) is 4.06. The molecule has 7 heteroatoms. The zero-order valence-corrected chi connectivity index (χ0v) is 20.1. The Balaban J connectivity index is 1.15. The summed E-state index contributed by atoms with van der Waals surface area (Å²) in [5.41, 5.74) is 5.86. The van der Waals surface area contributed by atoms with E-state index in [0.717, 1.165) is 35.4 Å². The molecule has 3 aromatic heterocycles. The summed E-state index contributed by atoms with van der Waals surface area (Å²) < 4.78 is 0. The number of carbonyl (C=O) groups is 2. The number of hydrogen-bond acceptors (Lipinski definition) is 5. The molecule has 2 N–H and O–H groups in total. The summed E-state index contributed by atoms with van der Waals surface area (Å²) >= 11 is 0. The second-order valence-electron chi connectivity index (χ2n) is 10.2. The minimum Gasteiger partial charge on any atom is -0.344 e. The zero-order chi connectivity index (χ0) is 25.0. The van der Waals surface area contributed by atoms with E-state index in [2.05, 4.69) is 55.9 Å². The standard InChI is InChI=1S/C30H25N5O2/c36-28(34-24-14-20(18-6-2-1-3-7-18)12-19-8-4-10-31-26(19)24)22-13-21-15-30(16-25(21)33-17-22)23-9-5-11-32-27(23)35-29(30)37/h1-11,13,17,20,24H,12,14-16H2,(H,34,36)(H,32,35,37)/t20-,24+,30+/m1/s1. The third-order valence-electron chi connectivity index (χ3n) is 8.09. The summed E-state index contributed by atoms with van der Waals surface area (Å²) in [6, 6.07) is 20.0. The fourth-order valence-corrected chi connectivity index (χ4v) is 6.27. The van der Waals surface area contributed by atoms with Crippen molar-refractivity contribution >= 4 is 17.6 Å². The summed E-state index contributed by atoms with van der Waals surface area (Å²) in [4.78, 5) is 40.1. The van der Waals surface area contributed by atoms with Crippen LogP contribution in [-0.2, 0) is 29.5 Å². The highest BCUT2D eigenvalue weighted by atomic mass is 16.2. The Morgan fingerprint density at radius 2 is 1.78 bits per heavy atom. The molecule has 1 aromatic carbocycles. The molecule has 0 saturated carbocycles. The Hall–Kier alpha value is -4.39. The summed E-state index contributed by atoms with van der Waals surface area (Å²) in [5.74, 6) is 0.692. The summed E-state index contributed by atoms with van der Waals surface area (Å²) in [5, 5.41) is 6.16. The van der Waals surface area contributed by atoms with Gasteiger partial charge in [0.25, 0.3) is 5.91 Å². The van der Waals surface area contributed by atoms with E-state index in [1.165, 1.54) is 11.1 Å². The van der Waals surface area contributed by atoms with Crippen LogP contribution in [0.25, 0.3) is 0 Å². The quantitative estimate of drug-likeness (QED) is 0.454. The maximum absolute atomic E-state index is 13.5. The first-order valence-electron chi connectivity index (χ1n) is 12.6. The molecular formula is C30H25N5O2. The van der Waals surface area contributed by atoms with Crippen LogP contribution < -0.4 is 10.6 Å². The highest BCUT2D eigenvalue weighted by Crippen LogP contribution is 2.46. The van der Waals surface area contributed by atoms with E-state index < -0.39 is 5.41 Å². The third-order valence-corrected chi connectivity index (χ3v) is 8.09. The predicted molar refractivity (Wildman–Crippen MR) is 138 cm³/mol. The molecule has 0 unspecified atom stereocenters. The summed E-state index contributed by atoms with van der Waals surface area (Å²) in [6.45, 7) is 0. The van der Waals surface area contributed by atoms with E-state index in [1.807, 2.05) is 30.3 Å². The lowest BCUT2D eigenvalue weighted by molar-refractivity contribution is -0.120. The number of hydrogen-bond donors (Lipinski definition) is 2. The molecule has 7 rings (SSSR count). The Kier molecular flexibility index (Phi) is 4.92. The molecule has 2 aliphatic carbocycles. The maximum atomic E-state index is 13.5. The Bertz CT molecular complexity index is 1550. The van der Waals surface area contributed by atoms with Crippen LogP contribution in [-0.4, -0.2) is 26.8 Å². The fourth-order valence-electron chi connectivity index (χ4n) is 6.27. The number of nitrogens with zero attached hydrogens (tertiary/aromatic N) is 3. The van der Waals surface area contributed by atoms with Gasteiger partial charge in [-0.05, 0) is 60.1 Å². The summed E-state index contributed by atoms with van der Waals surface area (Å²) in [7, 11) is 0. The van der Waals surface area contributed by atoms with E-state index in [9.17, 15) is 9.59 Å². The average Bonchev–Trinajstić information content (AvgIpc) is 3.45. The van der Waals surface area contributed by atoms with Crippen LogP contribution in [0.1, 0.15) is 62.4 Å². The van der Waals surface area contributed by atoms with Crippen molar-refractivity contribution in [3.05, 3.63) is 118 Å². The Morgan fingerprint density at radius 1 is 0.946 bits per heavy atom. The number of fused-ring (bicyclic) bond motifs is 4. The van der Waals surface area contributed by atoms with E-state index in [4.69, 9.17) is 0 Å². The number of amides is 2. The number of pyridine rings is 3. The van der Waals surface area contributed by atoms with Crippen LogP contribution in [0.15, 0.2) is 79.3 Å². The maximum Gasteiger partial charge on any atom is 0.253 e. The molecule has 7 nitrogen and oxygen atoms in total. The number of benzene rings is 1. The molecule has 1 spiro atoms. The van der Waals surface area contributed by atoms with Gasteiger partial charge in [0.15, 0.2) is 0 Å². The number of nitrogens with one attached hydrogen (secondary N) is 2. The molecule has 4 heterocycles. The van der Waals surface area contributed by atoms with Gasteiger partial charge >= 0.3 is 0 Å². The molecule has 3 atom stereocenters. The van der Waals surface area contributed by atoms with Gasteiger partial charge in [-0.3, -0.25) is 19.6 Å². The normalized spacial score (nSPS) is 23.2. The lowest BCUT2D eigenvalue weighted by Crippen LogP contribution is -2.35. The largest absolute Gasteiger partial charge is 0.344 e. The smallest absolute Gasteiger partial charge is 0.253 e. The van der Waals surface area contributed by atoms with Gasteiger partial charge in [0.2, 0.25) is 5.91 Å². The molecule has 4 aromatic rings. The van der Waals surface area contributed by atoms with Crippen molar-refractivity contribution in [2.75, 3.05) is 5.32 Å². The van der Waals surface area contributed by atoms with Gasteiger partial charge in [-0.15, -0.1) is 0 Å². The summed E-state index contributed by atoms with van der Waals surface area (Å²) in [6.07, 6.45) is 7.79. The van der Waals surface area contributed by atoms with Crippen molar-refractivity contribution in [2.45, 2.75) is 43.1 Å². The third kappa shape index (κ3) is 3.53. The Morgan fingerprint density at radius 3 is 2.68 bits per heavy atom. The van der Waals surface area contributed by atoms with Crippen LogP contribution >= 0.6 is 0 Å². The van der Waals surface area contributed by atoms with Crippen molar-refractivity contribution in [3.8, 4) is 0 Å². The molecule has 1 aliphatic heterocycles. The second-order valence-corrected chi connectivity index (χ2v) is 10.2. The van der Waals surface area contributed by atoms with Gasteiger partial charge < -0.3 is 10.6 Å². The van der Waals surface area contributed by atoms with E-state index >= 15 is 0 Å². The molecule has 3 aliphatic rings. The minimum absolute atomic E-state index is 0.0537. The molecule has 0 saturated heterocycles. The van der Waals surface area contributed by atoms with Crippen LogP contribution in [0.5, 0.6) is 0 Å². The lowest BCUT2D eigenvalue weighted by Gasteiger charge is -2.31. The van der Waals surface area contributed by atoms with Crippen molar-refractivity contribution in [2.24, 2.45) is 0 Å². The van der Waals surface area contributed by atoms with Gasteiger partial charge in [0.1, 0.15) is 5.82 Å². The van der Waals surface area contributed by atoms with Crippen LogP contribution in [0, 0.1) is 0 Å². The van der Waals surface area contributed by atoms with Crippen molar-refractivity contribution in [1.82, 2.24) is 20.3 Å². The van der Waals surface area contributed by atoms with Gasteiger partial charge in [-0.1, -0.05) is 42.5 Å². The van der Waals surface area contributed by atoms with Crippen LogP contribution in [0.2, 0.25) is 0 Å². The Labute approximate surface area is 214 Å². The number of carbonyl (C=O) groups excluding carboxylic acids is 2. The molecule has 0 radical (unpaired) electrons. The topological polar surface area (TPSA) is 96.9 Å². The first kappa shape index (κ1) is 21.9. The van der Waals surface area contributed by atoms with Crippen molar-refractivity contribution in [3.63, 3.8) is 0 Å². The second kappa shape index (κ2) is 8.34. The van der Waals surface area contributed by atoms with Gasteiger partial charge in [0.05, 0.1) is 22.7 Å². The average molecular weight is 488 g/mol. The minimum atomic E-state index is -0.705. The van der Waals surface area contributed by atoms with Gasteiger partial charge in [-0.25, -0.2) is 4.98 Å². The molecular weight excluding hydrogens is 462 g/mol. The molecule has 2 amide bonds. The lowest BCUT2D eigenvalue weighted by atomic mass is 9.79. The van der Waals surface area contributed by atoms with E-state index in [1.54, 1.807) is 18.6 Å². The van der Waals surface area contributed by atoms with Gasteiger partial charge in [0, 0.05) is 36.3 Å². The number of aromatic nitrogens is 3. The van der Waals surface area contributed by atoms with Crippen LogP contribution in [0.3, 0.4) is 0 Å². The molecule has 37 heavy (non-hydrogen) atoms. The SMILES string of the molecule is O=C(N[C@H]1C[C@H](c2ccccc2)Cc2cccnc21)c1cnc2c(c1)C[C@@]1(C2)C(=O)Nc2ncccc21.